The Balaban J connectivity index is 0.991. The highest BCUT2D eigenvalue weighted by Crippen LogP contribution is 2.52. The third-order valence-corrected chi connectivity index (χ3v) is 8.29. The molecule has 3 aliphatic carbocycles. The van der Waals surface area contributed by atoms with Crippen LogP contribution in [0, 0.1) is 17.2 Å². The minimum Gasteiger partial charge on any atom is -0.434 e. The van der Waals surface area contributed by atoms with Crippen molar-refractivity contribution in [2.24, 2.45) is 11.3 Å². The number of carbonyl (C=O) groups is 2. The summed E-state index contributed by atoms with van der Waals surface area (Å²) in [5.74, 6) is 0.0621. The van der Waals surface area contributed by atoms with Gasteiger partial charge in [-0.25, -0.2) is 13.9 Å². The normalized spacial score (nSPS) is 17.3. The number of nitrogens with one attached hydrogen (secondary N) is 3. The Hall–Kier alpha value is -4.39. The summed E-state index contributed by atoms with van der Waals surface area (Å²) in [7, 11) is 0. The molecular weight excluding hydrogens is 535 g/mol. The van der Waals surface area contributed by atoms with Crippen molar-refractivity contribution in [1.82, 2.24) is 24.8 Å². The molecule has 0 radical (unpaired) electrons. The Morgan fingerprint density at radius 2 is 1.90 bits per heavy atom. The molecule has 3 aromatic heterocycles. The lowest BCUT2D eigenvalue weighted by molar-refractivity contribution is -0.120. The predicted molar refractivity (Wildman–Crippen MR) is 146 cm³/mol. The lowest BCUT2D eigenvalue weighted by atomic mass is 10.0. The van der Waals surface area contributed by atoms with E-state index in [1.807, 2.05) is 0 Å². The van der Waals surface area contributed by atoms with Crippen LogP contribution in [0.3, 0.4) is 0 Å². The van der Waals surface area contributed by atoms with E-state index in [-0.39, 0.29) is 29.4 Å². The summed E-state index contributed by atoms with van der Waals surface area (Å²) >= 11 is 1.49. The summed E-state index contributed by atoms with van der Waals surface area (Å²) in [5, 5.41) is 23.0. The fourth-order valence-corrected chi connectivity index (χ4v) is 5.34. The predicted octanol–water partition coefficient (Wildman–Crippen LogP) is 5.08. The number of carbonyl (C=O) groups excluding carboxylic acids is 2. The molecule has 2 amide bonds. The van der Waals surface area contributed by atoms with Gasteiger partial charge in [0.15, 0.2) is 23.0 Å². The second kappa shape index (κ2) is 9.37. The summed E-state index contributed by atoms with van der Waals surface area (Å²) in [5.41, 5.74) is 0.588. The van der Waals surface area contributed by atoms with Gasteiger partial charge in [0, 0.05) is 35.4 Å². The molecule has 0 aliphatic heterocycles. The van der Waals surface area contributed by atoms with E-state index >= 15 is 0 Å². The van der Waals surface area contributed by atoms with Crippen LogP contribution in [0.1, 0.15) is 49.5 Å². The van der Waals surface area contributed by atoms with Crippen molar-refractivity contribution in [3.8, 4) is 11.6 Å². The number of amides is 2. The Labute approximate surface area is 231 Å². The number of rotatable bonds is 10. The fraction of sp³-hybridized carbons (Fsp3) is 0.333. The van der Waals surface area contributed by atoms with E-state index in [9.17, 15) is 14.0 Å². The molecule has 1 aromatic carbocycles. The SMILES string of the molecule is C=C(Nc1nnc(C2CC2)s1)C1(C(=O)Nc2ccc(Oc3ccc4nc(NC(=O)C5CC5)cn4n3)c(F)c2)CC1. The lowest BCUT2D eigenvalue weighted by Crippen LogP contribution is -2.28. The van der Waals surface area contributed by atoms with Crippen molar-refractivity contribution >= 4 is 45.4 Å². The minimum absolute atomic E-state index is 0.0535. The molecule has 11 nitrogen and oxygen atoms in total. The van der Waals surface area contributed by atoms with Crippen molar-refractivity contribution < 1.29 is 18.7 Å². The topological polar surface area (TPSA) is 135 Å². The fourth-order valence-electron chi connectivity index (χ4n) is 4.40. The molecule has 3 fully saturated rings. The molecule has 40 heavy (non-hydrogen) atoms. The highest BCUT2D eigenvalue weighted by Gasteiger charge is 2.52. The van der Waals surface area contributed by atoms with Crippen molar-refractivity contribution in [3.05, 3.63) is 59.6 Å². The van der Waals surface area contributed by atoms with E-state index < -0.39 is 11.2 Å². The van der Waals surface area contributed by atoms with Crippen LogP contribution >= 0.6 is 11.3 Å². The van der Waals surface area contributed by atoms with Crippen LogP contribution in [0.4, 0.5) is 21.0 Å². The Morgan fingerprint density at radius 1 is 1.07 bits per heavy atom. The molecule has 0 spiro atoms. The van der Waals surface area contributed by atoms with Crippen molar-refractivity contribution in [2.75, 3.05) is 16.0 Å². The third-order valence-electron chi connectivity index (χ3n) is 7.29. The number of halogens is 1. The zero-order valence-electron chi connectivity index (χ0n) is 21.3. The van der Waals surface area contributed by atoms with Crippen LogP contribution in [0.15, 0.2) is 48.8 Å². The Kier molecular flexibility index (Phi) is 5.77. The maximum absolute atomic E-state index is 14.9. The quantitative estimate of drug-likeness (QED) is 0.244. The number of nitrogens with zero attached hydrogens (tertiary/aromatic N) is 5. The summed E-state index contributed by atoms with van der Waals surface area (Å²) in [6, 6.07) is 7.42. The molecule has 204 valence electrons. The van der Waals surface area contributed by atoms with Crippen LogP contribution in [0.5, 0.6) is 11.6 Å². The van der Waals surface area contributed by atoms with E-state index in [0.717, 1.165) is 30.7 Å². The molecule has 3 aliphatic rings. The summed E-state index contributed by atoms with van der Waals surface area (Å²) in [6.45, 7) is 4.08. The van der Waals surface area contributed by atoms with Gasteiger partial charge in [-0.3, -0.25) is 9.59 Å². The van der Waals surface area contributed by atoms with Gasteiger partial charge in [0.05, 0.1) is 11.6 Å². The van der Waals surface area contributed by atoms with Crippen LogP contribution in [0.2, 0.25) is 0 Å². The maximum atomic E-state index is 14.9. The van der Waals surface area contributed by atoms with Crippen LogP contribution < -0.4 is 20.7 Å². The molecule has 0 unspecified atom stereocenters. The number of hydrogen-bond donors (Lipinski definition) is 3. The molecule has 3 saturated carbocycles. The van der Waals surface area contributed by atoms with E-state index in [1.165, 1.54) is 28.0 Å². The van der Waals surface area contributed by atoms with Gasteiger partial charge in [-0.1, -0.05) is 17.9 Å². The van der Waals surface area contributed by atoms with E-state index in [2.05, 4.69) is 42.8 Å². The first-order chi connectivity index (χ1) is 19.4. The summed E-state index contributed by atoms with van der Waals surface area (Å²) < 4.78 is 22.1. The van der Waals surface area contributed by atoms with Gasteiger partial charge >= 0.3 is 0 Å². The van der Waals surface area contributed by atoms with Gasteiger partial charge in [-0.05, 0) is 56.7 Å². The number of hydrogen-bond acceptors (Lipinski definition) is 9. The van der Waals surface area contributed by atoms with Crippen LogP contribution in [-0.2, 0) is 9.59 Å². The molecule has 13 heteroatoms. The van der Waals surface area contributed by atoms with E-state index in [0.29, 0.717) is 46.7 Å². The summed E-state index contributed by atoms with van der Waals surface area (Å²) in [4.78, 5) is 29.4. The second-order valence-electron chi connectivity index (χ2n) is 10.5. The highest BCUT2D eigenvalue weighted by atomic mass is 32.1. The van der Waals surface area contributed by atoms with Gasteiger partial charge in [0.2, 0.25) is 22.8 Å². The lowest BCUT2D eigenvalue weighted by Gasteiger charge is -2.18. The molecule has 0 bridgehead atoms. The Morgan fingerprint density at radius 3 is 2.62 bits per heavy atom. The third kappa shape index (κ3) is 4.88. The largest absolute Gasteiger partial charge is 0.434 e. The van der Waals surface area contributed by atoms with Gasteiger partial charge in [-0.15, -0.1) is 15.3 Å². The number of benzene rings is 1. The van der Waals surface area contributed by atoms with Crippen molar-refractivity contribution in [3.63, 3.8) is 0 Å². The van der Waals surface area contributed by atoms with E-state index in [1.54, 1.807) is 24.4 Å². The molecular formula is C27H25FN8O3S. The van der Waals surface area contributed by atoms with Crippen molar-refractivity contribution in [1.29, 1.82) is 0 Å². The molecule has 4 aromatic rings. The monoisotopic (exact) mass is 560 g/mol. The van der Waals surface area contributed by atoms with E-state index in [4.69, 9.17) is 4.74 Å². The summed E-state index contributed by atoms with van der Waals surface area (Å²) in [6.07, 6.45) is 6.91. The second-order valence-corrected chi connectivity index (χ2v) is 11.5. The number of ether oxygens (including phenoxy) is 1. The Bertz CT molecular complexity index is 1670. The van der Waals surface area contributed by atoms with Gasteiger partial charge in [-0.2, -0.15) is 0 Å². The van der Waals surface area contributed by atoms with Gasteiger partial charge in [0.1, 0.15) is 5.01 Å². The van der Waals surface area contributed by atoms with Gasteiger partial charge in [0.25, 0.3) is 0 Å². The molecule has 7 rings (SSSR count). The number of aromatic nitrogens is 5. The average molecular weight is 561 g/mol. The average Bonchev–Trinajstić information content (AvgIpc) is 3.82. The zero-order chi connectivity index (χ0) is 27.4. The first-order valence-corrected chi connectivity index (χ1v) is 13.9. The smallest absolute Gasteiger partial charge is 0.237 e. The van der Waals surface area contributed by atoms with Crippen molar-refractivity contribution in [2.45, 2.75) is 44.4 Å². The molecule has 3 N–H and O–H groups in total. The maximum Gasteiger partial charge on any atom is 0.237 e. The molecule has 0 saturated heterocycles. The molecule has 0 atom stereocenters. The number of anilines is 3. The standard InChI is InChI=1S/C27H25FN8O3S/c1-14(29-26-34-33-24(40-26)16-4-5-16)27(10-11-27)25(38)30-17-6-7-19(18(28)12-17)39-22-9-8-21-31-20(13-36(21)35-22)32-23(37)15-2-3-15/h6-9,12-13,15-16H,1-5,10-11H2,(H,29,34)(H,30,38)(H,32,37). The first kappa shape index (κ1) is 24.6. The number of fused-ring (bicyclic) bond motifs is 1. The number of imidazole rings is 1. The van der Waals surface area contributed by atoms with Gasteiger partial charge < -0.3 is 20.7 Å². The highest BCUT2D eigenvalue weighted by molar-refractivity contribution is 7.15. The first-order valence-electron chi connectivity index (χ1n) is 13.1. The minimum atomic E-state index is -0.780. The zero-order valence-corrected chi connectivity index (χ0v) is 22.1. The van der Waals surface area contributed by atoms with Crippen LogP contribution in [-0.4, -0.2) is 36.6 Å². The molecule has 3 heterocycles. The van der Waals surface area contributed by atoms with Crippen LogP contribution in [0.25, 0.3) is 5.65 Å².